The maximum absolute atomic E-state index is 12.1. The quantitative estimate of drug-likeness (QED) is 0.742. The van der Waals surface area contributed by atoms with Gasteiger partial charge in [0.05, 0.1) is 11.1 Å². The van der Waals surface area contributed by atoms with E-state index in [0.29, 0.717) is 11.1 Å². The fourth-order valence-corrected chi connectivity index (χ4v) is 2.08. The molecule has 0 radical (unpaired) electrons. The van der Waals surface area contributed by atoms with Gasteiger partial charge in [0.1, 0.15) is 12.7 Å². The van der Waals surface area contributed by atoms with Crippen LogP contribution in [-0.4, -0.2) is 35.7 Å². The van der Waals surface area contributed by atoms with Crippen LogP contribution < -0.4 is 0 Å². The highest BCUT2D eigenvalue weighted by molar-refractivity contribution is 5.90. The molecule has 0 saturated carbocycles. The van der Waals surface area contributed by atoms with E-state index in [9.17, 15) is 14.4 Å². The molecule has 0 aliphatic heterocycles. The fourth-order valence-electron chi connectivity index (χ4n) is 2.08. The van der Waals surface area contributed by atoms with Crippen molar-refractivity contribution in [2.24, 2.45) is 0 Å². The number of carbonyl (C=O) groups is 3. The third-order valence-corrected chi connectivity index (χ3v) is 3.37. The lowest BCUT2D eigenvalue weighted by Gasteiger charge is -2.17. The average molecular weight is 342 g/mol. The molecule has 0 bridgehead atoms. The van der Waals surface area contributed by atoms with Gasteiger partial charge in [-0.05, 0) is 30.7 Å². The molecule has 0 aromatic heterocycles. The number of rotatable bonds is 8. The second kappa shape index (κ2) is 9.22. The van der Waals surface area contributed by atoms with Crippen LogP contribution in [0.1, 0.15) is 33.6 Å². The summed E-state index contributed by atoms with van der Waals surface area (Å²) in [6, 6.07) is 16.7. The predicted octanol–water partition coefficient (Wildman–Crippen LogP) is 2.93. The summed E-state index contributed by atoms with van der Waals surface area (Å²) in [6.07, 6.45) is -0.984. The van der Waals surface area contributed by atoms with Crippen molar-refractivity contribution in [3.05, 3.63) is 71.8 Å². The molecule has 0 aliphatic rings. The summed E-state index contributed by atoms with van der Waals surface area (Å²) < 4.78 is 10.4. The molecule has 1 atom stereocenters. The van der Waals surface area contributed by atoms with Gasteiger partial charge in [-0.15, -0.1) is 0 Å². The summed E-state index contributed by atoms with van der Waals surface area (Å²) in [5.74, 6) is -2.17. The number of esters is 2. The van der Waals surface area contributed by atoms with Crippen LogP contribution >= 0.6 is 0 Å². The van der Waals surface area contributed by atoms with Gasteiger partial charge in [-0.3, -0.25) is 4.79 Å². The molecule has 2 rings (SSSR count). The van der Waals surface area contributed by atoms with Gasteiger partial charge < -0.3 is 14.6 Å². The Kier molecular flexibility index (Phi) is 6.71. The minimum atomic E-state index is -1.02. The Labute approximate surface area is 145 Å². The number of benzene rings is 2. The molecule has 0 aliphatic carbocycles. The average Bonchev–Trinajstić information content (AvgIpc) is 2.64. The van der Waals surface area contributed by atoms with Crippen molar-refractivity contribution in [2.75, 3.05) is 6.61 Å². The van der Waals surface area contributed by atoms with Crippen LogP contribution in [-0.2, 0) is 14.3 Å². The molecule has 6 nitrogen and oxygen atoms in total. The van der Waals surface area contributed by atoms with Crippen LogP contribution in [0, 0.1) is 0 Å². The number of aliphatic carboxylic acids is 1. The monoisotopic (exact) mass is 342 g/mol. The smallest absolute Gasteiger partial charge is 0.338 e. The van der Waals surface area contributed by atoms with E-state index in [1.54, 1.807) is 60.7 Å². The first-order valence-electron chi connectivity index (χ1n) is 7.76. The van der Waals surface area contributed by atoms with Crippen molar-refractivity contribution < 1.29 is 29.0 Å². The summed E-state index contributed by atoms with van der Waals surface area (Å²) >= 11 is 0. The van der Waals surface area contributed by atoms with Crippen molar-refractivity contribution in [1.82, 2.24) is 0 Å². The van der Waals surface area contributed by atoms with Gasteiger partial charge in [-0.25, -0.2) is 9.59 Å². The number of ether oxygens (including phenoxy) is 2. The standard InChI is InChI=1S/C19H18O6/c20-17(21)12-11-16(25-19(23)15-9-5-2-6-10-15)13-24-18(22)14-7-3-1-4-8-14/h1-10,16H,11-13H2,(H,20,21). The Hall–Kier alpha value is -3.15. The van der Waals surface area contributed by atoms with Crippen LogP contribution in [0.3, 0.4) is 0 Å². The van der Waals surface area contributed by atoms with Gasteiger partial charge in [0.15, 0.2) is 0 Å². The summed E-state index contributed by atoms with van der Waals surface area (Å²) in [5, 5.41) is 8.82. The predicted molar refractivity (Wildman–Crippen MR) is 89.2 cm³/mol. The molecule has 0 amide bonds. The van der Waals surface area contributed by atoms with E-state index in [2.05, 4.69) is 0 Å². The summed E-state index contributed by atoms with van der Waals surface area (Å²) in [4.78, 5) is 34.8. The van der Waals surface area contributed by atoms with E-state index in [0.717, 1.165) is 0 Å². The van der Waals surface area contributed by atoms with E-state index in [1.807, 2.05) is 0 Å². The van der Waals surface area contributed by atoms with Crippen LogP contribution in [0.5, 0.6) is 0 Å². The zero-order valence-corrected chi connectivity index (χ0v) is 13.5. The third kappa shape index (κ3) is 6.10. The third-order valence-electron chi connectivity index (χ3n) is 3.37. The zero-order chi connectivity index (χ0) is 18.1. The Morgan fingerprint density at radius 2 is 1.36 bits per heavy atom. The Morgan fingerprint density at radius 1 is 0.840 bits per heavy atom. The van der Waals surface area contributed by atoms with E-state index in [1.165, 1.54) is 0 Å². The highest BCUT2D eigenvalue weighted by Gasteiger charge is 2.19. The summed E-state index contributed by atoms with van der Waals surface area (Å²) in [7, 11) is 0. The molecule has 1 unspecified atom stereocenters. The second-order valence-electron chi connectivity index (χ2n) is 5.29. The largest absolute Gasteiger partial charge is 0.481 e. The molecule has 0 spiro atoms. The maximum atomic E-state index is 12.1. The van der Waals surface area contributed by atoms with E-state index >= 15 is 0 Å². The molecule has 2 aromatic rings. The molecule has 1 N–H and O–H groups in total. The van der Waals surface area contributed by atoms with E-state index < -0.39 is 24.0 Å². The van der Waals surface area contributed by atoms with Gasteiger partial charge in [0.25, 0.3) is 0 Å². The fraction of sp³-hybridized carbons (Fsp3) is 0.211. The van der Waals surface area contributed by atoms with Gasteiger partial charge in [0.2, 0.25) is 0 Å². The van der Waals surface area contributed by atoms with Gasteiger partial charge in [0, 0.05) is 6.42 Å². The summed E-state index contributed by atoms with van der Waals surface area (Å²) in [5.41, 5.74) is 0.714. The number of hydrogen-bond donors (Lipinski definition) is 1. The maximum Gasteiger partial charge on any atom is 0.338 e. The summed E-state index contributed by atoms with van der Waals surface area (Å²) in [6.45, 7) is -0.209. The van der Waals surface area contributed by atoms with Crippen LogP contribution in [0.2, 0.25) is 0 Å². The lowest BCUT2D eigenvalue weighted by atomic mass is 10.2. The molecular formula is C19H18O6. The lowest BCUT2D eigenvalue weighted by molar-refractivity contribution is -0.137. The number of carboxylic acids is 1. The number of hydrogen-bond acceptors (Lipinski definition) is 5. The molecule has 25 heavy (non-hydrogen) atoms. The number of carbonyl (C=O) groups excluding carboxylic acids is 2. The SMILES string of the molecule is O=C(O)CCC(COC(=O)c1ccccc1)OC(=O)c1ccccc1. The highest BCUT2D eigenvalue weighted by atomic mass is 16.6. The van der Waals surface area contributed by atoms with E-state index in [4.69, 9.17) is 14.6 Å². The van der Waals surface area contributed by atoms with Crippen molar-refractivity contribution in [2.45, 2.75) is 18.9 Å². The topological polar surface area (TPSA) is 89.9 Å². The first kappa shape index (κ1) is 18.2. The zero-order valence-electron chi connectivity index (χ0n) is 13.5. The van der Waals surface area contributed by atoms with Crippen LogP contribution in [0.15, 0.2) is 60.7 Å². The van der Waals surface area contributed by atoms with Crippen LogP contribution in [0.4, 0.5) is 0 Å². The normalized spacial score (nSPS) is 11.4. The molecule has 0 heterocycles. The molecule has 6 heteroatoms. The van der Waals surface area contributed by atoms with E-state index in [-0.39, 0.29) is 19.4 Å². The molecule has 0 fully saturated rings. The first-order chi connectivity index (χ1) is 12.1. The Balaban J connectivity index is 1.96. The van der Waals surface area contributed by atoms with Crippen molar-refractivity contribution in [3.8, 4) is 0 Å². The van der Waals surface area contributed by atoms with Gasteiger partial charge in [-0.2, -0.15) is 0 Å². The highest BCUT2D eigenvalue weighted by Crippen LogP contribution is 2.10. The van der Waals surface area contributed by atoms with Crippen molar-refractivity contribution in [1.29, 1.82) is 0 Å². The minimum Gasteiger partial charge on any atom is -0.481 e. The molecule has 0 saturated heterocycles. The Bertz CT molecular complexity index is 711. The van der Waals surface area contributed by atoms with Crippen LogP contribution in [0.25, 0.3) is 0 Å². The number of carboxylic acid groups (broad SMARTS) is 1. The van der Waals surface area contributed by atoms with Gasteiger partial charge >= 0.3 is 17.9 Å². The Morgan fingerprint density at radius 3 is 1.88 bits per heavy atom. The first-order valence-corrected chi connectivity index (χ1v) is 7.76. The molecule has 130 valence electrons. The second-order valence-corrected chi connectivity index (χ2v) is 5.29. The van der Waals surface area contributed by atoms with Crippen molar-refractivity contribution >= 4 is 17.9 Å². The lowest BCUT2D eigenvalue weighted by Crippen LogP contribution is -2.26. The molecule has 2 aromatic carbocycles. The minimum absolute atomic E-state index is 0.0516. The van der Waals surface area contributed by atoms with Crippen molar-refractivity contribution in [3.63, 3.8) is 0 Å². The van der Waals surface area contributed by atoms with Gasteiger partial charge in [-0.1, -0.05) is 36.4 Å². The molecular weight excluding hydrogens is 324 g/mol.